The molecule has 0 radical (unpaired) electrons. The van der Waals surface area contributed by atoms with Gasteiger partial charge in [-0.05, 0) is 56.0 Å². The zero-order chi connectivity index (χ0) is 19.9. The lowest BCUT2D eigenvalue weighted by atomic mass is 10.1. The topological polar surface area (TPSA) is 23.6 Å². The molecular weight excluding hydrogens is 384 g/mol. The number of benzene rings is 2. The molecule has 0 bridgehead atoms. The minimum Gasteiger partial charge on any atom is -0.372 e. The van der Waals surface area contributed by atoms with E-state index in [9.17, 15) is 4.79 Å². The molecule has 1 aliphatic heterocycles. The Morgan fingerprint density at radius 3 is 2.36 bits per heavy atom. The van der Waals surface area contributed by atoms with Crippen molar-refractivity contribution in [3.8, 4) is 0 Å². The van der Waals surface area contributed by atoms with Crippen molar-refractivity contribution in [1.29, 1.82) is 0 Å². The third-order valence-electron chi connectivity index (χ3n) is 4.88. The summed E-state index contributed by atoms with van der Waals surface area (Å²) in [4.78, 5) is 17.5. The Kier molecular flexibility index (Phi) is 7.29. The van der Waals surface area contributed by atoms with Crippen molar-refractivity contribution in [3.05, 3.63) is 70.6 Å². The van der Waals surface area contributed by atoms with Crippen molar-refractivity contribution in [2.75, 3.05) is 24.5 Å². The molecule has 0 atom stereocenters. The molecule has 1 heterocycles. The molecule has 3 nitrogen and oxygen atoms in total. The molecule has 0 saturated carbocycles. The second-order valence-corrected chi connectivity index (χ2v) is 8.36. The van der Waals surface area contributed by atoms with Crippen LogP contribution in [-0.2, 0) is 11.2 Å². The maximum Gasteiger partial charge on any atom is 0.266 e. The third kappa shape index (κ3) is 5.03. The summed E-state index contributed by atoms with van der Waals surface area (Å²) in [7, 11) is 0. The lowest BCUT2D eigenvalue weighted by Gasteiger charge is -2.20. The first kappa shape index (κ1) is 20.6. The van der Waals surface area contributed by atoms with Gasteiger partial charge in [0.1, 0.15) is 4.32 Å². The van der Waals surface area contributed by atoms with Crippen LogP contribution in [0.5, 0.6) is 0 Å². The van der Waals surface area contributed by atoms with E-state index in [1.165, 1.54) is 23.0 Å². The standard InChI is InChI=1S/C23H26N2OS2/c1-3-24(4-2)20-14-12-19(13-15-20)17-21-22(26)25(23(27)28-21)16-8-11-18-9-6-5-7-10-18/h5-7,9-10,12-15,17H,3-4,8,11,16H2,1-2H3/b21-17-. The van der Waals surface area contributed by atoms with E-state index in [4.69, 9.17) is 12.2 Å². The Bertz CT molecular complexity index is 843. The van der Waals surface area contributed by atoms with E-state index >= 15 is 0 Å². The second kappa shape index (κ2) is 9.89. The van der Waals surface area contributed by atoms with Gasteiger partial charge in [0.05, 0.1) is 4.91 Å². The van der Waals surface area contributed by atoms with E-state index < -0.39 is 0 Å². The number of nitrogens with zero attached hydrogens (tertiary/aromatic N) is 2. The van der Waals surface area contributed by atoms with Gasteiger partial charge < -0.3 is 4.90 Å². The van der Waals surface area contributed by atoms with E-state index in [0.717, 1.165) is 31.5 Å². The Morgan fingerprint density at radius 2 is 1.71 bits per heavy atom. The van der Waals surface area contributed by atoms with Gasteiger partial charge in [-0.2, -0.15) is 0 Å². The van der Waals surface area contributed by atoms with Crippen LogP contribution in [0, 0.1) is 0 Å². The number of thiocarbonyl (C=S) groups is 1. The summed E-state index contributed by atoms with van der Waals surface area (Å²) in [6, 6.07) is 18.7. The van der Waals surface area contributed by atoms with Crippen LogP contribution in [0.4, 0.5) is 5.69 Å². The van der Waals surface area contributed by atoms with Gasteiger partial charge in [-0.1, -0.05) is 66.4 Å². The van der Waals surface area contributed by atoms with Gasteiger partial charge in [-0.3, -0.25) is 9.69 Å². The molecule has 5 heteroatoms. The molecule has 28 heavy (non-hydrogen) atoms. The first-order chi connectivity index (χ1) is 13.6. The van der Waals surface area contributed by atoms with Crippen molar-refractivity contribution in [1.82, 2.24) is 4.90 Å². The molecule has 0 aliphatic carbocycles. The summed E-state index contributed by atoms with van der Waals surface area (Å²) in [5.74, 6) is 0.0240. The molecular formula is C23H26N2OS2. The Hall–Kier alpha value is -2.11. The molecule has 0 N–H and O–H groups in total. The zero-order valence-electron chi connectivity index (χ0n) is 16.4. The van der Waals surface area contributed by atoms with Crippen molar-refractivity contribution >= 4 is 46.0 Å². The number of carbonyl (C=O) groups is 1. The Balaban J connectivity index is 1.62. The molecule has 1 fully saturated rings. The quantitative estimate of drug-likeness (QED) is 0.431. The highest BCUT2D eigenvalue weighted by molar-refractivity contribution is 8.26. The molecule has 0 spiro atoms. The highest BCUT2D eigenvalue weighted by atomic mass is 32.2. The average molecular weight is 411 g/mol. The molecule has 2 aromatic rings. The Morgan fingerprint density at radius 1 is 1.04 bits per heavy atom. The van der Waals surface area contributed by atoms with Crippen LogP contribution in [0.2, 0.25) is 0 Å². The van der Waals surface area contributed by atoms with Crippen molar-refractivity contribution < 1.29 is 4.79 Å². The number of rotatable bonds is 8. The van der Waals surface area contributed by atoms with Gasteiger partial charge in [0.15, 0.2) is 0 Å². The van der Waals surface area contributed by atoms with Crippen LogP contribution < -0.4 is 4.90 Å². The molecule has 146 valence electrons. The maximum absolute atomic E-state index is 12.8. The monoisotopic (exact) mass is 410 g/mol. The first-order valence-electron chi connectivity index (χ1n) is 9.76. The predicted octanol–water partition coefficient (Wildman–Crippen LogP) is 5.37. The number of anilines is 1. The molecule has 0 aromatic heterocycles. The van der Waals surface area contributed by atoms with Gasteiger partial charge in [-0.15, -0.1) is 0 Å². The van der Waals surface area contributed by atoms with Gasteiger partial charge in [0, 0.05) is 25.3 Å². The number of carbonyl (C=O) groups excluding carboxylic acids is 1. The lowest BCUT2D eigenvalue weighted by Crippen LogP contribution is -2.29. The van der Waals surface area contributed by atoms with E-state index in [-0.39, 0.29) is 5.91 Å². The minimum atomic E-state index is 0.0240. The summed E-state index contributed by atoms with van der Waals surface area (Å²) in [5.41, 5.74) is 3.52. The third-order valence-corrected chi connectivity index (χ3v) is 6.26. The fourth-order valence-corrected chi connectivity index (χ4v) is 4.61. The summed E-state index contributed by atoms with van der Waals surface area (Å²) in [6.45, 7) is 6.94. The van der Waals surface area contributed by atoms with E-state index in [0.29, 0.717) is 15.8 Å². The van der Waals surface area contributed by atoms with Crippen molar-refractivity contribution in [2.24, 2.45) is 0 Å². The van der Waals surface area contributed by atoms with E-state index in [1.807, 2.05) is 24.3 Å². The molecule has 1 saturated heterocycles. The number of thioether (sulfide) groups is 1. The van der Waals surface area contributed by atoms with Crippen molar-refractivity contribution in [2.45, 2.75) is 26.7 Å². The van der Waals surface area contributed by atoms with Gasteiger partial charge >= 0.3 is 0 Å². The predicted molar refractivity (Wildman–Crippen MR) is 125 cm³/mol. The lowest BCUT2D eigenvalue weighted by molar-refractivity contribution is -0.122. The smallest absolute Gasteiger partial charge is 0.266 e. The normalized spacial score (nSPS) is 15.5. The average Bonchev–Trinajstić information content (AvgIpc) is 2.98. The minimum absolute atomic E-state index is 0.0240. The largest absolute Gasteiger partial charge is 0.372 e. The van der Waals surface area contributed by atoms with Crippen molar-refractivity contribution in [3.63, 3.8) is 0 Å². The van der Waals surface area contributed by atoms with Crippen LogP contribution in [-0.4, -0.2) is 34.8 Å². The van der Waals surface area contributed by atoms with E-state index in [1.54, 1.807) is 4.90 Å². The SMILES string of the molecule is CCN(CC)c1ccc(/C=C2\SC(=S)N(CCCc3ccccc3)C2=O)cc1. The van der Waals surface area contributed by atoms with Crippen LogP contribution in [0.3, 0.4) is 0 Å². The van der Waals surface area contributed by atoms with Crippen LogP contribution in [0.1, 0.15) is 31.4 Å². The molecule has 1 aliphatic rings. The molecule has 2 aromatic carbocycles. The Labute approximate surface area is 177 Å². The summed E-state index contributed by atoms with van der Waals surface area (Å²) in [5, 5.41) is 0. The van der Waals surface area contributed by atoms with Crippen LogP contribution >= 0.6 is 24.0 Å². The second-order valence-electron chi connectivity index (χ2n) is 6.69. The van der Waals surface area contributed by atoms with Crippen LogP contribution in [0.15, 0.2) is 59.5 Å². The number of hydrogen-bond donors (Lipinski definition) is 0. The summed E-state index contributed by atoms with van der Waals surface area (Å²) < 4.78 is 0.657. The van der Waals surface area contributed by atoms with Gasteiger partial charge in [0.2, 0.25) is 0 Å². The number of hydrogen-bond acceptors (Lipinski definition) is 4. The first-order valence-corrected chi connectivity index (χ1v) is 11.0. The van der Waals surface area contributed by atoms with Gasteiger partial charge in [-0.25, -0.2) is 0 Å². The summed E-state index contributed by atoms with van der Waals surface area (Å²) >= 11 is 6.85. The number of aryl methyl sites for hydroxylation is 1. The molecule has 1 amide bonds. The maximum atomic E-state index is 12.8. The fraction of sp³-hybridized carbons (Fsp3) is 0.304. The number of amides is 1. The van der Waals surface area contributed by atoms with Gasteiger partial charge in [0.25, 0.3) is 5.91 Å². The van der Waals surface area contributed by atoms with E-state index in [2.05, 4.69) is 55.1 Å². The van der Waals surface area contributed by atoms with Crippen LogP contribution in [0.25, 0.3) is 6.08 Å². The highest BCUT2D eigenvalue weighted by Crippen LogP contribution is 2.33. The highest BCUT2D eigenvalue weighted by Gasteiger charge is 2.31. The summed E-state index contributed by atoms with van der Waals surface area (Å²) in [6.07, 6.45) is 3.80. The molecule has 0 unspecified atom stereocenters. The zero-order valence-corrected chi connectivity index (χ0v) is 18.1. The molecule has 3 rings (SSSR count). The fourth-order valence-electron chi connectivity index (χ4n) is 3.30.